The SMILES string of the molecule is C[C@H](Sc1cccc[n+]1[O-])C(=O)/C=C1/N(C)c2ccccc2C1(C)C. The summed E-state index contributed by atoms with van der Waals surface area (Å²) in [5.74, 6) is 0.0107. The number of allylic oxidation sites excluding steroid dienone is 2. The average Bonchev–Trinajstić information content (AvgIpc) is 2.78. The van der Waals surface area contributed by atoms with Crippen LogP contribution in [0.5, 0.6) is 0 Å². The van der Waals surface area contributed by atoms with E-state index in [9.17, 15) is 10.0 Å². The highest BCUT2D eigenvalue weighted by molar-refractivity contribution is 8.00. The van der Waals surface area contributed by atoms with Gasteiger partial charge in [0.25, 0.3) is 5.03 Å². The molecule has 1 aromatic carbocycles. The second kappa shape index (κ2) is 6.56. The summed E-state index contributed by atoms with van der Waals surface area (Å²) in [5.41, 5.74) is 3.11. The summed E-state index contributed by atoms with van der Waals surface area (Å²) in [6.07, 6.45) is 3.18. The van der Waals surface area contributed by atoms with Crippen molar-refractivity contribution in [3.63, 3.8) is 0 Å². The van der Waals surface area contributed by atoms with E-state index in [0.717, 1.165) is 16.1 Å². The Hall–Kier alpha value is -2.27. The van der Waals surface area contributed by atoms with Gasteiger partial charge in [-0.3, -0.25) is 4.79 Å². The number of likely N-dealkylation sites (N-methyl/N-ethyl adjacent to an activating group) is 1. The molecule has 2 aromatic rings. The molecule has 0 N–H and O–H groups in total. The molecule has 1 aromatic heterocycles. The molecule has 5 heteroatoms. The maximum atomic E-state index is 12.8. The van der Waals surface area contributed by atoms with E-state index in [2.05, 4.69) is 30.9 Å². The van der Waals surface area contributed by atoms with Gasteiger partial charge in [-0.1, -0.05) is 32.0 Å². The van der Waals surface area contributed by atoms with Crippen molar-refractivity contribution in [2.24, 2.45) is 0 Å². The van der Waals surface area contributed by atoms with Crippen LogP contribution in [0.25, 0.3) is 0 Å². The Morgan fingerprint density at radius 3 is 2.60 bits per heavy atom. The van der Waals surface area contributed by atoms with Crippen LogP contribution in [0.3, 0.4) is 0 Å². The number of benzene rings is 1. The van der Waals surface area contributed by atoms with Crippen LogP contribution in [-0.4, -0.2) is 18.1 Å². The molecule has 2 heterocycles. The fourth-order valence-corrected chi connectivity index (χ4v) is 4.12. The summed E-state index contributed by atoms with van der Waals surface area (Å²) >= 11 is 1.28. The maximum Gasteiger partial charge on any atom is 0.252 e. The molecule has 1 aliphatic heterocycles. The third kappa shape index (κ3) is 3.16. The predicted octanol–water partition coefficient (Wildman–Crippen LogP) is 3.68. The van der Waals surface area contributed by atoms with Crippen molar-refractivity contribution in [3.05, 3.63) is 71.2 Å². The number of nitrogens with zero attached hydrogens (tertiary/aromatic N) is 2. The molecule has 130 valence electrons. The molecule has 0 aliphatic carbocycles. The molecular weight excluding hydrogens is 332 g/mol. The van der Waals surface area contributed by atoms with Crippen molar-refractivity contribution in [2.75, 3.05) is 11.9 Å². The fourth-order valence-electron chi connectivity index (χ4n) is 3.25. The number of thioether (sulfide) groups is 1. The van der Waals surface area contributed by atoms with Crippen LogP contribution in [0.1, 0.15) is 26.3 Å². The van der Waals surface area contributed by atoms with Gasteiger partial charge in [-0.15, -0.1) is 0 Å². The zero-order valence-electron chi connectivity index (χ0n) is 14.9. The molecule has 3 rings (SSSR count). The van der Waals surface area contributed by atoms with Crippen LogP contribution in [0, 0.1) is 5.21 Å². The Balaban J connectivity index is 1.85. The first-order valence-corrected chi connectivity index (χ1v) is 9.14. The Labute approximate surface area is 152 Å². The van der Waals surface area contributed by atoms with Gasteiger partial charge in [-0.25, -0.2) is 0 Å². The largest absolute Gasteiger partial charge is 0.618 e. The van der Waals surface area contributed by atoms with E-state index in [1.807, 2.05) is 26.1 Å². The predicted molar refractivity (Wildman–Crippen MR) is 102 cm³/mol. The van der Waals surface area contributed by atoms with Crippen molar-refractivity contribution in [1.82, 2.24) is 0 Å². The minimum atomic E-state index is -0.331. The molecule has 0 saturated carbocycles. The molecular formula is C20H22N2O2S. The van der Waals surface area contributed by atoms with Gasteiger partial charge < -0.3 is 10.1 Å². The monoisotopic (exact) mass is 354 g/mol. The summed E-state index contributed by atoms with van der Waals surface area (Å²) in [7, 11) is 1.99. The smallest absolute Gasteiger partial charge is 0.252 e. The highest BCUT2D eigenvalue weighted by Gasteiger charge is 2.38. The number of hydrogen-bond donors (Lipinski definition) is 0. The quantitative estimate of drug-likeness (QED) is 0.364. The van der Waals surface area contributed by atoms with Crippen molar-refractivity contribution in [3.8, 4) is 0 Å². The number of fused-ring (bicyclic) bond motifs is 1. The number of rotatable bonds is 4. The highest BCUT2D eigenvalue weighted by Crippen LogP contribution is 2.46. The normalized spacial score (nSPS) is 18.2. The van der Waals surface area contributed by atoms with Crippen LogP contribution in [0.15, 0.2) is 65.5 Å². The van der Waals surface area contributed by atoms with Gasteiger partial charge in [0, 0.05) is 42.1 Å². The molecule has 4 nitrogen and oxygen atoms in total. The number of carbonyl (C=O) groups excluding carboxylic acids is 1. The standard InChI is InChI=1S/C20H22N2O2S/c1-14(25-19-11-7-8-12-22(19)24)17(23)13-18-20(2,3)15-9-5-6-10-16(15)21(18)4/h5-14H,1-4H3/b18-13+/t14-/m0/s1. The first-order chi connectivity index (χ1) is 11.8. The lowest BCUT2D eigenvalue weighted by Gasteiger charge is -2.24. The fraction of sp³-hybridized carbons (Fsp3) is 0.300. The van der Waals surface area contributed by atoms with Crippen molar-refractivity contribution in [1.29, 1.82) is 0 Å². The van der Waals surface area contributed by atoms with Gasteiger partial charge in [0.2, 0.25) is 0 Å². The number of para-hydroxylation sites is 1. The van der Waals surface area contributed by atoms with Gasteiger partial charge >= 0.3 is 0 Å². The Bertz CT molecular complexity index is 845. The van der Waals surface area contributed by atoms with E-state index in [-0.39, 0.29) is 16.4 Å². The molecule has 0 fully saturated rings. The van der Waals surface area contributed by atoms with Gasteiger partial charge in [-0.2, -0.15) is 4.73 Å². The number of carbonyl (C=O) groups is 1. The van der Waals surface area contributed by atoms with E-state index in [4.69, 9.17) is 0 Å². The van der Waals surface area contributed by atoms with E-state index < -0.39 is 0 Å². The summed E-state index contributed by atoms with van der Waals surface area (Å²) in [6, 6.07) is 13.4. The molecule has 1 aliphatic rings. The van der Waals surface area contributed by atoms with Crippen molar-refractivity contribution < 1.29 is 9.52 Å². The molecule has 0 radical (unpaired) electrons. The highest BCUT2D eigenvalue weighted by atomic mass is 32.2. The third-order valence-corrected chi connectivity index (χ3v) is 5.85. The number of aromatic nitrogens is 1. The number of pyridine rings is 1. The third-order valence-electron chi connectivity index (χ3n) is 4.71. The minimum absolute atomic E-state index is 0.0107. The van der Waals surface area contributed by atoms with E-state index in [1.165, 1.54) is 23.5 Å². The summed E-state index contributed by atoms with van der Waals surface area (Å²) in [5, 5.41) is 12.0. The van der Waals surface area contributed by atoms with Crippen molar-refractivity contribution >= 4 is 23.2 Å². The van der Waals surface area contributed by atoms with Crippen LogP contribution in [0.4, 0.5) is 5.69 Å². The number of anilines is 1. The molecule has 0 spiro atoms. The second-order valence-electron chi connectivity index (χ2n) is 6.76. The molecule has 0 saturated heterocycles. The summed E-state index contributed by atoms with van der Waals surface area (Å²) < 4.78 is 0.795. The second-order valence-corrected chi connectivity index (χ2v) is 8.12. The molecule has 25 heavy (non-hydrogen) atoms. The van der Waals surface area contributed by atoms with Crippen LogP contribution < -0.4 is 9.63 Å². The average molecular weight is 354 g/mol. The topological polar surface area (TPSA) is 47.2 Å². The molecule has 0 bridgehead atoms. The number of ketones is 1. The van der Waals surface area contributed by atoms with Crippen LogP contribution in [-0.2, 0) is 10.2 Å². The molecule has 1 atom stereocenters. The van der Waals surface area contributed by atoms with E-state index >= 15 is 0 Å². The minimum Gasteiger partial charge on any atom is -0.618 e. The van der Waals surface area contributed by atoms with Crippen LogP contribution in [0.2, 0.25) is 0 Å². The molecule has 0 amide bonds. The lowest BCUT2D eigenvalue weighted by molar-refractivity contribution is -0.645. The van der Waals surface area contributed by atoms with E-state index in [0.29, 0.717) is 5.03 Å². The van der Waals surface area contributed by atoms with Gasteiger partial charge in [0.1, 0.15) is 0 Å². The van der Waals surface area contributed by atoms with Gasteiger partial charge in [0.15, 0.2) is 12.0 Å². The van der Waals surface area contributed by atoms with Gasteiger partial charge in [0.05, 0.1) is 5.25 Å². The Morgan fingerprint density at radius 2 is 1.92 bits per heavy atom. The maximum absolute atomic E-state index is 12.8. The van der Waals surface area contributed by atoms with Crippen LogP contribution >= 0.6 is 11.8 Å². The van der Waals surface area contributed by atoms with E-state index in [1.54, 1.807) is 24.3 Å². The zero-order valence-corrected chi connectivity index (χ0v) is 15.7. The number of hydrogen-bond acceptors (Lipinski definition) is 4. The summed E-state index contributed by atoms with van der Waals surface area (Å²) in [6.45, 7) is 6.11. The Morgan fingerprint density at radius 1 is 1.24 bits per heavy atom. The first-order valence-electron chi connectivity index (χ1n) is 8.26. The first kappa shape index (κ1) is 17.5. The van der Waals surface area contributed by atoms with Crippen molar-refractivity contribution in [2.45, 2.75) is 36.5 Å². The summed E-state index contributed by atoms with van der Waals surface area (Å²) in [4.78, 5) is 14.8. The lowest BCUT2D eigenvalue weighted by atomic mass is 9.83. The Kier molecular flexibility index (Phi) is 4.60. The zero-order chi connectivity index (χ0) is 18.2. The lowest BCUT2D eigenvalue weighted by Crippen LogP contribution is -2.29. The van der Waals surface area contributed by atoms with Gasteiger partial charge in [-0.05, 0) is 36.4 Å². The molecule has 0 unspecified atom stereocenters.